The van der Waals surface area contributed by atoms with Gasteiger partial charge in [0.1, 0.15) is 19.3 Å². The first kappa shape index (κ1) is 90.1. The molecule has 0 aromatic heterocycles. The normalized spacial score (nSPS) is 14.1. The summed E-state index contributed by atoms with van der Waals surface area (Å²) in [7, 11) is -9.90. The summed E-state index contributed by atoms with van der Waals surface area (Å²) in [4.78, 5) is 72.5. The number of carbonyl (C=O) groups is 4. The summed E-state index contributed by atoms with van der Waals surface area (Å²) in [5, 5.41) is 10.6. The van der Waals surface area contributed by atoms with Gasteiger partial charge in [0.2, 0.25) is 0 Å². The van der Waals surface area contributed by atoms with Crippen molar-refractivity contribution < 1.29 is 80.2 Å². The molecule has 0 bridgehead atoms. The van der Waals surface area contributed by atoms with Gasteiger partial charge in [0.25, 0.3) is 0 Å². The van der Waals surface area contributed by atoms with Crippen molar-refractivity contribution in [3.63, 3.8) is 0 Å². The van der Waals surface area contributed by atoms with Crippen LogP contribution in [0.2, 0.25) is 0 Å². The third kappa shape index (κ3) is 66.7. The zero-order valence-corrected chi connectivity index (χ0v) is 61.6. The van der Waals surface area contributed by atoms with Crippen LogP contribution in [0, 0.1) is 11.8 Å². The maximum absolute atomic E-state index is 13.1. The lowest BCUT2D eigenvalue weighted by Gasteiger charge is -2.21. The molecule has 0 radical (unpaired) electrons. The third-order valence-corrected chi connectivity index (χ3v) is 18.9. The molecule has 0 saturated heterocycles. The minimum absolute atomic E-state index is 0.104. The smallest absolute Gasteiger partial charge is 0.462 e. The molecular formula is C73H142O17P2. The van der Waals surface area contributed by atoms with Crippen molar-refractivity contribution in [2.24, 2.45) is 11.8 Å². The van der Waals surface area contributed by atoms with E-state index >= 15 is 0 Å². The molecule has 0 amide bonds. The molecule has 546 valence electrons. The van der Waals surface area contributed by atoms with Gasteiger partial charge in [-0.3, -0.25) is 37.3 Å². The van der Waals surface area contributed by atoms with E-state index in [-0.39, 0.29) is 25.7 Å². The van der Waals surface area contributed by atoms with E-state index in [4.69, 9.17) is 37.0 Å². The van der Waals surface area contributed by atoms with E-state index in [0.29, 0.717) is 25.7 Å². The van der Waals surface area contributed by atoms with E-state index in [2.05, 4.69) is 41.5 Å². The fourth-order valence-corrected chi connectivity index (χ4v) is 12.7. The zero-order chi connectivity index (χ0) is 67.9. The quantitative estimate of drug-likeness (QED) is 0.0222. The Morgan fingerprint density at radius 3 is 0.739 bits per heavy atom. The van der Waals surface area contributed by atoms with Crippen LogP contribution in [0.5, 0.6) is 0 Å². The molecule has 0 saturated carbocycles. The molecule has 2 unspecified atom stereocenters. The van der Waals surface area contributed by atoms with Crippen LogP contribution in [0.4, 0.5) is 0 Å². The van der Waals surface area contributed by atoms with Crippen LogP contribution in [-0.2, 0) is 65.4 Å². The Balaban J connectivity index is 5.19. The lowest BCUT2D eigenvalue weighted by molar-refractivity contribution is -0.161. The highest BCUT2D eigenvalue weighted by molar-refractivity contribution is 7.47. The first-order chi connectivity index (χ1) is 44.4. The number of unbranched alkanes of at least 4 members (excludes halogenated alkanes) is 42. The van der Waals surface area contributed by atoms with Gasteiger partial charge in [-0.15, -0.1) is 0 Å². The van der Waals surface area contributed by atoms with Crippen LogP contribution in [0.3, 0.4) is 0 Å². The second kappa shape index (κ2) is 65.0. The highest BCUT2D eigenvalue weighted by atomic mass is 31.2. The maximum atomic E-state index is 13.1. The van der Waals surface area contributed by atoms with Crippen molar-refractivity contribution in [2.75, 3.05) is 39.6 Å². The van der Waals surface area contributed by atoms with Crippen LogP contribution in [0.25, 0.3) is 0 Å². The van der Waals surface area contributed by atoms with Gasteiger partial charge in [0.15, 0.2) is 12.2 Å². The van der Waals surface area contributed by atoms with Gasteiger partial charge in [0.05, 0.1) is 26.4 Å². The summed E-state index contributed by atoms with van der Waals surface area (Å²) in [6.07, 6.45) is 51.5. The zero-order valence-electron chi connectivity index (χ0n) is 59.9. The Bertz CT molecular complexity index is 1790. The van der Waals surface area contributed by atoms with E-state index in [1.807, 2.05) is 0 Å². The van der Waals surface area contributed by atoms with E-state index in [0.717, 1.165) is 115 Å². The van der Waals surface area contributed by atoms with Crippen LogP contribution >= 0.6 is 15.6 Å². The fourth-order valence-electron chi connectivity index (χ4n) is 11.1. The van der Waals surface area contributed by atoms with Gasteiger partial charge >= 0.3 is 39.5 Å². The molecule has 3 N–H and O–H groups in total. The SMILES string of the molecule is CCCCCCCCCCCCCCCCCCCC(=O)OC[C@H](COP(=O)(O)OC[C@@H](O)COP(=O)(O)OC[C@@H](COC(=O)CCCCCCCCC)OC(=O)CCCCCCCCCCC(C)C)OC(=O)CCCCCCCCCCCCCCCCC(C)C. The standard InChI is InChI=1S/C73H142O17P2/c1-7-9-11-13-15-16-17-18-19-20-21-25-28-31-38-44-50-56-71(76)84-62-69(89-72(77)57-51-45-39-32-29-26-23-22-24-27-30-36-41-47-53-65(3)4)64-88-92(81,82)86-60-67(74)59-85-91(79,80)87-63-68(61-83-70(75)55-49-43-35-14-12-10-8-2)90-73(78)58-52-46-40-34-33-37-42-48-54-66(5)6/h65-69,74H,7-64H2,1-6H3,(H,79,80)(H,81,82)/t67-,68+,69+/m0/s1. The first-order valence-corrected chi connectivity index (χ1v) is 41.0. The minimum atomic E-state index is -4.95. The molecular weight excluding hydrogens is 1210 g/mol. The van der Waals surface area contributed by atoms with Gasteiger partial charge in [-0.2, -0.15) is 0 Å². The molecule has 0 heterocycles. The van der Waals surface area contributed by atoms with Gasteiger partial charge in [-0.25, -0.2) is 9.13 Å². The molecule has 0 fully saturated rings. The molecule has 0 aliphatic heterocycles. The Morgan fingerprint density at radius 2 is 0.500 bits per heavy atom. The Hall–Kier alpha value is -1.94. The van der Waals surface area contributed by atoms with E-state index in [9.17, 15) is 43.2 Å². The summed E-state index contributed by atoms with van der Waals surface area (Å²) in [6, 6.07) is 0. The number of phosphoric acid groups is 2. The number of rotatable bonds is 72. The molecule has 5 atom stereocenters. The Labute approximate surface area is 562 Å². The van der Waals surface area contributed by atoms with Crippen molar-refractivity contribution in [3.8, 4) is 0 Å². The molecule has 19 heteroatoms. The monoisotopic (exact) mass is 1350 g/mol. The van der Waals surface area contributed by atoms with E-state index < -0.39 is 97.5 Å². The lowest BCUT2D eigenvalue weighted by Crippen LogP contribution is -2.30. The van der Waals surface area contributed by atoms with Crippen molar-refractivity contribution in [2.45, 2.75) is 394 Å². The van der Waals surface area contributed by atoms with E-state index in [1.165, 1.54) is 180 Å². The number of aliphatic hydroxyl groups excluding tert-OH is 1. The summed E-state index contributed by atoms with van der Waals surface area (Å²) in [6.45, 7) is 9.51. The Kier molecular flexibility index (Phi) is 63.7. The van der Waals surface area contributed by atoms with E-state index in [1.54, 1.807) is 0 Å². The van der Waals surface area contributed by atoms with Gasteiger partial charge in [-0.1, -0.05) is 324 Å². The molecule has 0 aliphatic rings. The molecule has 0 spiro atoms. The second-order valence-electron chi connectivity index (χ2n) is 27.3. The molecule has 0 aromatic rings. The molecule has 0 aromatic carbocycles. The Morgan fingerprint density at radius 1 is 0.293 bits per heavy atom. The summed E-state index contributed by atoms with van der Waals surface area (Å²) < 4.78 is 68.3. The number of aliphatic hydroxyl groups is 1. The number of hydrogen-bond donors (Lipinski definition) is 3. The van der Waals surface area contributed by atoms with Gasteiger partial charge in [0, 0.05) is 25.7 Å². The van der Waals surface area contributed by atoms with Crippen molar-refractivity contribution in [1.29, 1.82) is 0 Å². The van der Waals surface area contributed by atoms with Crippen LogP contribution in [-0.4, -0.2) is 96.7 Å². The molecule has 17 nitrogen and oxygen atoms in total. The number of esters is 4. The summed E-state index contributed by atoms with van der Waals surface area (Å²) in [5.74, 6) is -0.612. The number of carbonyl (C=O) groups excluding carboxylic acids is 4. The predicted molar refractivity (Wildman–Crippen MR) is 372 cm³/mol. The molecule has 0 aliphatic carbocycles. The fraction of sp³-hybridized carbons (Fsp3) is 0.945. The molecule has 92 heavy (non-hydrogen) atoms. The first-order valence-electron chi connectivity index (χ1n) is 38.0. The number of hydrogen-bond acceptors (Lipinski definition) is 15. The van der Waals surface area contributed by atoms with Crippen LogP contribution in [0.1, 0.15) is 375 Å². The van der Waals surface area contributed by atoms with Gasteiger partial charge < -0.3 is 33.8 Å². The van der Waals surface area contributed by atoms with Crippen molar-refractivity contribution in [3.05, 3.63) is 0 Å². The number of ether oxygens (including phenoxy) is 4. The summed E-state index contributed by atoms with van der Waals surface area (Å²) in [5.41, 5.74) is 0. The predicted octanol–water partition coefficient (Wildman–Crippen LogP) is 21.2. The molecule has 0 rings (SSSR count). The van der Waals surface area contributed by atoms with Crippen molar-refractivity contribution in [1.82, 2.24) is 0 Å². The highest BCUT2D eigenvalue weighted by Gasteiger charge is 2.30. The largest absolute Gasteiger partial charge is 0.472 e. The average molecular weight is 1350 g/mol. The number of phosphoric ester groups is 2. The topological polar surface area (TPSA) is 237 Å². The average Bonchev–Trinajstić information content (AvgIpc) is 1.65. The van der Waals surface area contributed by atoms with Crippen LogP contribution in [0.15, 0.2) is 0 Å². The lowest BCUT2D eigenvalue weighted by atomic mass is 10.0. The van der Waals surface area contributed by atoms with Crippen molar-refractivity contribution >= 4 is 39.5 Å². The maximum Gasteiger partial charge on any atom is 0.472 e. The van der Waals surface area contributed by atoms with Gasteiger partial charge in [-0.05, 0) is 37.5 Å². The third-order valence-electron chi connectivity index (χ3n) is 17.0. The van der Waals surface area contributed by atoms with Crippen LogP contribution < -0.4 is 0 Å². The minimum Gasteiger partial charge on any atom is -0.462 e. The highest BCUT2D eigenvalue weighted by Crippen LogP contribution is 2.45. The summed E-state index contributed by atoms with van der Waals surface area (Å²) >= 11 is 0. The second-order valence-corrected chi connectivity index (χ2v) is 30.2.